The molecule has 1 N–H and O–H groups in total. The van der Waals surface area contributed by atoms with Crippen LogP contribution in [0.2, 0.25) is 0 Å². The standard InChI is InChI=1S/C8H9BF3O/c1-6-2-3-8(9(10,11)12)4-7(6)5-13/h2-4,13H,5H2,1H3/q-1. The third-order valence-electron chi connectivity index (χ3n) is 1.92. The van der Waals surface area contributed by atoms with E-state index in [2.05, 4.69) is 0 Å². The van der Waals surface area contributed by atoms with Gasteiger partial charge in [0.2, 0.25) is 0 Å². The van der Waals surface area contributed by atoms with E-state index in [0.29, 0.717) is 11.1 Å². The number of aliphatic hydroxyl groups is 1. The molecule has 1 rings (SSSR count). The highest BCUT2D eigenvalue weighted by atomic mass is 19.4. The van der Waals surface area contributed by atoms with E-state index in [0.717, 1.165) is 12.1 Å². The normalized spacial score (nSPS) is 11.8. The molecule has 1 nitrogen and oxygen atoms in total. The first kappa shape index (κ1) is 10.1. The van der Waals surface area contributed by atoms with Crippen LogP contribution in [0, 0.1) is 6.92 Å². The van der Waals surface area contributed by atoms with Crippen molar-refractivity contribution >= 4 is 12.4 Å². The molecule has 0 aliphatic heterocycles. The Balaban J connectivity index is 3.14. The molecule has 0 aliphatic carbocycles. The van der Waals surface area contributed by atoms with Crippen LogP contribution in [0.1, 0.15) is 11.1 Å². The van der Waals surface area contributed by atoms with Crippen LogP contribution in [0.25, 0.3) is 0 Å². The molecule has 72 valence electrons. The van der Waals surface area contributed by atoms with E-state index in [1.54, 1.807) is 6.92 Å². The van der Waals surface area contributed by atoms with Gasteiger partial charge in [-0.05, 0) is 18.1 Å². The minimum Gasteiger partial charge on any atom is -0.445 e. The second kappa shape index (κ2) is 3.42. The summed E-state index contributed by atoms with van der Waals surface area (Å²) in [7, 11) is 0. The van der Waals surface area contributed by atoms with Gasteiger partial charge in [0.25, 0.3) is 0 Å². The Morgan fingerprint density at radius 1 is 1.31 bits per heavy atom. The van der Waals surface area contributed by atoms with Gasteiger partial charge in [-0.2, -0.15) is 0 Å². The van der Waals surface area contributed by atoms with Crippen LogP contribution < -0.4 is 5.46 Å². The molecule has 0 heterocycles. The van der Waals surface area contributed by atoms with Crippen LogP contribution in [-0.4, -0.2) is 12.1 Å². The van der Waals surface area contributed by atoms with Crippen LogP contribution in [-0.2, 0) is 6.61 Å². The fourth-order valence-corrected chi connectivity index (χ4v) is 1.07. The molecule has 0 aromatic heterocycles. The zero-order valence-electron chi connectivity index (χ0n) is 7.10. The van der Waals surface area contributed by atoms with Gasteiger partial charge in [-0.25, -0.2) is 0 Å². The van der Waals surface area contributed by atoms with Gasteiger partial charge in [0, 0.05) is 0 Å². The monoisotopic (exact) mass is 189 g/mol. The molecule has 13 heavy (non-hydrogen) atoms. The maximum absolute atomic E-state index is 12.2. The first-order valence-corrected chi connectivity index (χ1v) is 3.85. The second-order valence-corrected chi connectivity index (χ2v) is 2.92. The lowest BCUT2D eigenvalue weighted by atomic mass is 9.79. The molecule has 0 atom stereocenters. The van der Waals surface area contributed by atoms with E-state index < -0.39 is 12.4 Å². The Kier molecular flexibility index (Phi) is 2.66. The second-order valence-electron chi connectivity index (χ2n) is 2.92. The summed E-state index contributed by atoms with van der Waals surface area (Å²) in [6.07, 6.45) is 0. The molecule has 0 aliphatic rings. The average Bonchev–Trinajstić information content (AvgIpc) is 2.03. The Bertz CT molecular complexity index is 309. The van der Waals surface area contributed by atoms with Crippen molar-refractivity contribution in [2.75, 3.05) is 0 Å². The Labute approximate surface area is 74.3 Å². The van der Waals surface area contributed by atoms with E-state index in [9.17, 15) is 12.9 Å². The first-order valence-electron chi connectivity index (χ1n) is 3.85. The summed E-state index contributed by atoms with van der Waals surface area (Å²) >= 11 is 0. The van der Waals surface area contributed by atoms with Crippen molar-refractivity contribution in [3.05, 3.63) is 29.3 Å². The molecule has 0 saturated heterocycles. The maximum Gasteiger partial charge on any atom is 0.509 e. The number of hydrogen-bond donors (Lipinski definition) is 1. The van der Waals surface area contributed by atoms with E-state index in [-0.39, 0.29) is 6.61 Å². The molecule has 0 spiro atoms. The smallest absolute Gasteiger partial charge is 0.445 e. The number of aliphatic hydroxyl groups excluding tert-OH is 1. The molecule has 0 bridgehead atoms. The molecular weight excluding hydrogens is 180 g/mol. The first-order chi connectivity index (χ1) is 5.95. The van der Waals surface area contributed by atoms with Crippen molar-refractivity contribution in [2.24, 2.45) is 0 Å². The van der Waals surface area contributed by atoms with Crippen LogP contribution in [0.4, 0.5) is 12.9 Å². The largest absolute Gasteiger partial charge is 0.509 e. The zero-order valence-corrected chi connectivity index (χ0v) is 7.10. The molecule has 1 aromatic rings. The number of hydrogen-bond acceptors (Lipinski definition) is 1. The van der Waals surface area contributed by atoms with Gasteiger partial charge < -0.3 is 18.1 Å². The van der Waals surface area contributed by atoms with E-state index in [1.165, 1.54) is 6.07 Å². The summed E-state index contributed by atoms with van der Waals surface area (Å²) in [4.78, 5) is 0. The molecule has 1 aromatic carbocycles. The quantitative estimate of drug-likeness (QED) is 0.699. The van der Waals surface area contributed by atoms with Crippen molar-refractivity contribution in [3.8, 4) is 0 Å². The summed E-state index contributed by atoms with van der Waals surface area (Å²) in [5, 5.41) is 8.75. The lowest BCUT2D eigenvalue weighted by molar-refractivity contribution is 0.281. The van der Waals surface area contributed by atoms with E-state index in [1.807, 2.05) is 0 Å². The number of aryl methyl sites for hydroxylation is 1. The summed E-state index contributed by atoms with van der Waals surface area (Å²) in [6.45, 7) is -3.65. The average molecular weight is 189 g/mol. The predicted molar refractivity (Wildman–Crippen MR) is 45.8 cm³/mol. The predicted octanol–water partition coefficient (Wildman–Crippen LogP) is 1.54. The lowest BCUT2D eigenvalue weighted by Gasteiger charge is -2.16. The van der Waals surface area contributed by atoms with E-state index >= 15 is 0 Å². The van der Waals surface area contributed by atoms with Gasteiger partial charge in [-0.15, -0.1) is 5.46 Å². The van der Waals surface area contributed by atoms with Crippen molar-refractivity contribution in [1.82, 2.24) is 0 Å². The van der Waals surface area contributed by atoms with Crippen LogP contribution in [0.5, 0.6) is 0 Å². The minimum atomic E-state index is -4.96. The highest BCUT2D eigenvalue weighted by Crippen LogP contribution is 2.12. The Hall–Kier alpha value is -0.965. The lowest BCUT2D eigenvalue weighted by Crippen LogP contribution is -2.34. The number of halogens is 3. The molecule has 0 radical (unpaired) electrons. The Morgan fingerprint density at radius 3 is 2.38 bits per heavy atom. The van der Waals surface area contributed by atoms with E-state index in [4.69, 9.17) is 5.11 Å². The Morgan fingerprint density at radius 2 is 1.92 bits per heavy atom. The molecule has 0 unspecified atom stereocenters. The van der Waals surface area contributed by atoms with Crippen molar-refractivity contribution in [3.63, 3.8) is 0 Å². The SMILES string of the molecule is Cc1ccc([B-](F)(F)F)cc1CO. The van der Waals surface area contributed by atoms with Crippen LogP contribution in [0.15, 0.2) is 18.2 Å². The topological polar surface area (TPSA) is 20.2 Å². The molecule has 0 fully saturated rings. The summed E-state index contributed by atoms with van der Waals surface area (Å²) < 4.78 is 36.7. The summed E-state index contributed by atoms with van der Waals surface area (Å²) in [5.74, 6) is 0. The van der Waals surface area contributed by atoms with Crippen molar-refractivity contribution in [1.29, 1.82) is 0 Å². The number of rotatable bonds is 2. The fraction of sp³-hybridized carbons (Fsp3) is 0.250. The highest BCUT2D eigenvalue weighted by molar-refractivity contribution is 6.73. The van der Waals surface area contributed by atoms with Gasteiger partial charge in [0.15, 0.2) is 0 Å². The van der Waals surface area contributed by atoms with Crippen molar-refractivity contribution < 1.29 is 18.1 Å². The zero-order chi connectivity index (χ0) is 10.1. The van der Waals surface area contributed by atoms with Gasteiger partial charge in [-0.1, -0.05) is 18.2 Å². The van der Waals surface area contributed by atoms with Gasteiger partial charge in [0.05, 0.1) is 6.61 Å². The minimum absolute atomic E-state index is 0.330. The van der Waals surface area contributed by atoms with Crippen molar-refractivity contribution in [2.45, 2.75) is 13.5 Å². The molecule has 0 saturated carbocycles. The highest BCUT2D eigenvalue weighted by Gasteiger charge is 2.25. The van der Waals surface area contributed by atoms with Gasteiger partial charge >= 0.3 is 6.98 Å². The molecule has 5 heteroatoms. The van der Waals surface area contributed by atoms with Crippen LogP contribution in [0.3, 0.4) is 0 Å². The fourth-order valence-electron chi connectivity index (χ4n) is 1.07. The summed E-state index contributed by atoms with van der Waals surface area (Å²) in [6, 6.07) is 3.40. The summed E-state index contributed by atoms with van der Waals surface area (Å²) in [5.41, 5.74) is 0.345. The van der Waals surface area contributed by atoms with Crippen LogP contribution >= 0.6 is 0 Å². The third kappa shape index (κ3) is 2.24. The number of benzene rings is 1. The maximum atomic E-state index is 12.2. The van der Waals surface area contributed by atoms with Gasteiger partial charge in [0.1, 0.15) is 0 Å². The molecule has 0 amide bonds. The molecular formula is C8H9BF3O-. The third-order valence-corrected chi connectivity index (χ3v) is 1.92. The van der Waals surface area contributed by atoms with Gasteiger partial charge in [-0.3, -0.25) is 0 Å².